The van der Waals surface area contributed by atoms with Gasteiger partial charge in [0.1, 0.15) is 0 Å². The molecule has 0 aromatic rings. The molecule has 0 atom stereocenters. The summed E-state index contributed by atoms with van der Waals surface area (Å²) in [5.74, 6) is 0. The average molecular weight is 223 g/mol. The van der Waals surface area contributed by atoms with E-state index in [0.29, 0.717) is 0 Å². The smallest absolute Gasteiger partial charge is 0.284 e. The molecule has 0 fully saturated rings. The van der Waals surface area contributed by atoms with Crippen molar-refractivity contribution in [1.82, 2.24) is 0 Å². The van der Waals surface area contributed by atoms with Crippen LogP contribution in [0.4, 0.5) is 0 Å². The van der Waals surface area contributed by atoms with Gasteiger partial charge in [-0.2, -0.15) is 8.42 Å². The van der Waals surface area contributed by atoms with E-state index in [1.54, 1.807) is 0 Å². The molecule has 0 bridgehead atoms. The molecular formula is H4CoO6S2+2. The van der Waals surface area contributed by atoms with Crippen molar-refractivity contribution < 1.29 is 43.4 Å². The molecule has 0 aliphatic carbocycles. The van der Waals surface area contributed by atoms with Crippen LogP contribution in [0.2, 0.25) is 0 Å². The monoisotopic (exact) mass is 223 g/mol. The number of hydrogen-bond acceptors (Lipinski definition) is 2. The molecule has 1 radical (unpaired) electrons. The van der Waals surface area contributed by atoms with Gasteiger partial charge in [-0.3, -0.25) is 18.2 Å². The zero-order chi connectivity index (χ0) is 7.15. The summed E-state index contributed by atoms with van der Waals surface area (Å²) in [6.45, 7) is 0. The minimum atomic E-state index is -2.61. The third kappa shape index (κ3) is 914. The Morgan fingerprint density at radius 2 is 0.778 bits per heavy atom. The van der Waals surface area contributed by atoms with Crippen molar-refractivity contribution in [2.45, 2.75) is 0 Å². The number of rotatable bonds is 0. The Morgan fingerprint density at radius 1 is 0.778 bits per heavy atom. The first-order valence-corrected chi connectivity index (χ1v) is 3.19. The van der Waals surface area contributed by atoms with Crippen molar-refractivity contribution in [3.63, 3.8) is 0 Å². The second-order valence-electron chi connectivity index (χ2n) is 0.461. The van der Waals surface area contributed by atoms with Crippen LogP contribution in [0, 0.1) is 0 Å². The van der Waals surface area contributed by atoms with Crippen LogP contribution in [0.25, 0.3) is 0 Å². The molecule has 0 aliphatic heterocycles. The van der Waals surface area contributed by atoms with Gasteiger partial charge >= 0.3 is 16.8 Å². The molecule has 0 unspecified atom stereocenters. The molecule has 4 N–H and O–H groups in total. The van der Waals surface area contributed by atoms with Crippen molar-refractivity contribution in [3.05, 3.63) is 0 Å². The van der Waals surface area contributed by atoms with Crippen LogP contribution >= 0.6 is 0 Å². The van der Waals surface area contributed by atoms with Gasteiger partial charge in [0.2, 0.25) is 0 Å². The Labute approximate surface area is 66.5 Å². The van der Waals surface area contributed by atoms with Crippen LogP contribution in [0.3, 0.4) is 0 Å². The van der Waals surface area contributed by atoms with E-state index in [-0.39, 0.29) is 16.8 Å². The van der Waals surface area contributed by atoms with E-state index in [2.05, 4.69) is 0 Å². The minimum absolute atomic E-state index is 0. The van der Waals surface area contributed by atoms with Gasteiger partial charge in [0, 0.05) is 0 Å². The van der Waals surface area contributed by atoms with E-state index in [1.165, 1.54) is 0 Å². The van der Waals surface area contributed by atoms with E-state index in [4.69, 9.17) is 26.6 Å². The van der Waals surface area contributed by atoms with E-state index < -0.39 is 22.7 Å². The predicted octanol–water partition coefficient (Wildman–Crippen LogP) is -0.640. The Hall–Kier alpha value is 0.646. The third-order valence-electron chi connectivity index (χ3n) is 0. The molecule has 9 heavy (non-hydrogen) atoms. The first-order valence-electron chi connectivity index (χ1n) is 1.06. The van der Waals surface area contributed by atoms with Gasteiger partial charge in [0.15, 0.2) is 0 Å². The van der Waals surface area contributed by atoms with Gasteiger partial charge in [0.05, 0.1) is 0 Å². The third-order valence-corrected chi connectivity index (χ3v) is 0. The predicted molar refractivity (Wildman–Crippen MR) is 26.8 cm³/mol. The van der Waals surface area contributed by atoms with Crippen molar-refractivity contribution >= 4 is 22.7 Å². The van der Waals surface area contributed by atoms with E-state index >= 15 is 0 Å². The molecule has 0 spiro atoms. The standard InChI is InChI=1S/Co.2H2O3S/c;2*1-4(2)3/h;2*(H2,1,2,3)/q+2;;. The Kier molecular flexibility index (Phi) is 20.8. The van der Waals surface area contributed by atoms with Crippen LogP contribution < -0.4 is 0 Å². The summed E-state index contributed by atoms with van der Waals surface area (Å²) >= 11 is -5.22. The van der Waals surface area contributed by atoms with Crippen LogP contribution in [-0.2, 0) is 39.5 Å². The molecule has 0 aliphatic rings. The second-order valence-corrected chi connectivity index (χ2v) is 1.38. The average Bonchev–Trinajstić information content (AvgIpc) is 1.25. The molecule has 0 aromatic heterocycles. The van der Waals surface area contributed by atoms with Crippen molar-refractivity contribution in [3.8, 4) is 0 Å². The van der Waals surface area contributed by atoms with Gasteiger partial charge in [-0.15, -0.1) is 0 Å². The topological polar surface area (TPSA) is 115 Å². The fourth-order valence-corrected chi connectivity index (χ4v) is 0. The maximum atomic E-state index is 8.67. The maximum absolute atomic E-state index is 8.67. The largest absolute Gasteiger partial charge is 2.00 e. The van der Waals surface area contributed by atoms with Crippen LogP contribution in [0.1, 0.15) is 0 Å². The fourth-order valence-electron chi connectivity index (χ4n) is 0. The van der Waals surface area contributed by atoms with Gasteiger partial charge < -0.3 is 0 Å². The SMILES string of the molecule is O=S(O)O.O=S(O)O.[Co+2]. The molecule has 0 rings (SSSR count). The quantitative estimate of drug-likeness (QED) is 0.406. The van der Waals surface area contributed by atoms with Crippen LogP contribution in [0.5, 0.6) is 0 Å². The van der Waals surface area contributed by atoms with Gasteiger partial charge in [-0.05, 0) is 0 Å². The molecule has 59 valence electrons. The van der Waals surface area contributed by atoms with Gasteiger partial charge in [0.25, 0.3) is 22.7 Å². The van der Waals surface area contributed by atoms with Gasteiger partial charge in [-0.1, -0.05) is 0 Å². The first-order chi connectivity index (χ1) is 3.46. The van der Waals surface area contributed by atoms with Crippen LogP contribution in [-0.4, -0.2) is 26.6 Å². The fraction of sp³-hybridized carbons (Fsp3) is 0. The molecule has 9 heteroatoms. The van der Waals surface area contributed by atoms with Crippen molar-refractivity contribution in [2.75, 3.05) is 0 Å². The van der Waals surface area contributed by atoms with Crippen LogP contribution in [0.15, 0.2) is 0 Å². The van der Waals surface area contributed by atoms with E-state index in [0.717, 1.165) is 0 Å². The minimum Gasteiger partial charge on any atom is -0.284 e. The van der Waals surface area contributed by atoms with Crippen molar-refractivity contribution in [2.24, 2.45) is 0 Å². The molecule has 0 heterocycles. The summed E-state index contributed by atoms with van der Waals surface area (Å²) in [5.41, 5.74) is 0. The second kappa shape index (κ2) is 11.4. The normalized spacial score (nSPS) is 7.78. The van der Waals surface area contributed by atoms with E-state index in [1.807, 2.05) is 0 Å². The molecular weight excluding hydrogens is 219 g/mol. The molecule has 0 saturated heterocycles. The van der Waals surface area contributed by atoms with E-state index in [9.17, 15) is 0 Å². The summed E-state index contributed by atoms with van der Waals surface area (Å²) < 4.78 is 45.7. The summed E-state index contributed by atoms with van der Waals surface area (Å²) in [4.78, 5) is 0. The zero-order valence-electron chi connectivity index (χ0n) is 3.76. The first kappa shape index (κ1) is 16.3. The molecule has 6 nitrogen and oxygen atoms in total. The number of hydrogen-bond donors (Lipinski definition) is 4. The zero-order valence-corrected chi connectivity index (χ0v) is 6.43. The van der Waals surface area contributed by atoms with Crippen molar-refractivity contribution in [1.29, 1.82) is 0 Å². The summed E-state index contributed by atoms with van der Waals surface area (Å²) in [5, 5.41) is 0. The Bertz CT molecular complexity index is 69.1. The van der Waals surface area contributed by atoms with Gasteiger partial charge in [-0.25, -0.2) is 0 Å². The summed E-state index contributed by atoms with van der Waals surface area (Å²) in [6.07, 6.45) is 0. The Morgan fingerprint density at radius 3 is 0.778 bits per heavy atom. The maximum Gasteiger partial charge on any atom is 2.00 e. The molecule has 0 amide bonds. The molecule has 0 saturated carbocycles. The Balaban J connectivity index is -0.0000000720. The molecule has 0 aromatic carbocycles. The summed E-state index contributed by atoms with van der Waals surface area (Å²) in [6, 6.07) is 0. The summed E-state index contributed by atoms with van der Waals surface area (Å²) in [7, 11) is 0.